The normalized spacial score (nSPS) is 11.4. The molecule has 3 aromatic carbocycles. The van der Waals surface area contributed by atoms with E-state index in [1.54, 1.807) is 37.6 Å². The SMILES string of the molecule is COc1ccc(C)c2sc(N(Cc3ccco3)C(=O)c3ccc(NS(=O)(=O)c4ccc(Cl)cc4)cc3)nc12. The second kappa shape index (κ2) is 10.5. The summed E-state index contributed by atoms with van der Waals surface area (Å²) in [6.45, 7) is 2.14. The Morgan fingerprint density at radius 2 is 1.82 bits per heavy atom. The highest BCUT2D eigenvalue weighted by Gasteiger charge is 2.24. The number of nitrogens with zero attached hydrogens (tertiary/aromatic N) is 2. The Balaban J connectivity index is 1.45. The number of fused-ring (bicyclic) bond motifs is 1. The average molecular weight is 568 g/mol. The molecule has 8 nitrogen and oxygen atoms in total. The van der Waals surface area contributed by atoms with Crippen LogP contribution in [0.4, 0.5) is 10.8 Å². The van der Waals surface area contributed by atoms with Crippen LogP contribution in [0.3, 0.4) is 0 Å². The summed E-state index contributed by atoms with van der Waals surface area (Å²) in [4.78, 5) is 20.1. The Bertz CT molecular complexity index is 1700. The molecule has 0 fully saturated rings. The Kier molecular flexibility index (Phi) is 7.11. The predicted octanol–water partition coefficient (Wildman–Crippen LogP) is 6.51. The molecule has 0 atom stereocenters. The highest BCUT2D eigenvalue weighted by molar-refractivity contribution is 7.92. The van der Waals surface area contributed by atoms with E-state index in [1.807, 2.05) is 19.1 Å². The molecule has 2 aromatic heterocycles. The number of halogens is 1. The molecule has 0 bridgehead atoms. The van der Waals surface area contributed by atoms with Gasteiger partial charge < -0.3 is 9.15 Å². The third kappa shape index (κ3) is 5.24. The molecule has 0 spiro atoms. The van der Waals surface area contributed by atoms with Gasteiger partial charge in [0.05, 0.1) is 29.5 Å². The zero-order chi connectivity index (χ0) is 26.9. The largest absolute Gasteiger partial charge is 0.494 e. The summed E-state index contributed by atoms with van der Waals surface area (Å²) < 4.78 is 39.8. The first-order chi connectivity index (χ1) is 18.2. The molecule has 5 aromatic rings. The van der Waals surface area contributed by atoms with E-state index in [0.29, 0.717) is 38.4 Å². The molecule has 0 aliphatic carbocycles. The highest BCUT2D eigenvalue weighted by Crippen LogP contribution is 2.37. The lowest BCUT2D eigenvalue weighted by atomic mass is 10.2. The molecular weight excluding hydrogens is 546 g/mol. The van der Waals surface area contributed by atoms with Gasteiger partial charge in [0, 0.05) is 16.3 Å². The number of carbonyl (C=O) groups excluding carboxylic acids is 1. The predicted molar refractivity (Wildman–Crippen MR) is 149 cm³/mol. The van der Waals surface area contributed by atoms with Crippen LogP contribution in [-0.2, 0) is 16.6 Å². The quantitative estimate of drug-likeness (QED) is 0.229. The number of anilines is 2. The maximum atomic E-state index is 13.7. The van der Waals surface area contributed by atoms with E-state index in [4.69, 9.17) is 25.7 Å². The monoisotopic (exact) mass is 567 g/mol. The summed E-state index contributed by atoms with van der Waals surface area (Å²) in [7, 11) is -2.24. The number of aryl methyl sites for hydroxylation is 1. The summed E-state index contributed by atoms with van der Waals surface area (Å²) in [6, 6.07) is 19.4. The van der Waals surface area contributed by atoms with Crippen molar-refractivity contribution in [2.75, 3.05) is 16.7 Å². The van der Waals surface area contributed by atoms with E-state index in [9.17, 15) is 13.2 Å². The number of methoxy groups -OCH3 is 1. The molecule has 2 heterocycles. The van der Waals surface area contributed by atoms with Crippen LogP contribution in [0, 0.1) is 6.92 Å². The van der Waals surface area contributed by atoms with Gasteiger partial charge in [-0.15, -0.1) is 0 Å². The lowest BCUT2D eigenvalue weighted by molar-refractivity contribution is 0.0983. The van der Waals surface area contributed by atoms with Crippen LogP contribution in [0.1, 0.15) is 21.7 Å². The second-order valence-corrected chi connectivity index (χ2v) is 11.5. The Morgan fingerprint density at radius 1 is 1.08 bits per heavy atom. The van der Waals surface area contributed by atoms with Crippen molar-refractivity contribution in [3.8, 4) is 5.75 Å². The smallest absolute Gasteiger partial charge is 0.261 e. The Labute approximate surface area is 228 Å². The van der Waals surface area contributed by atoms with Crippen LogP contribution in [0.2, 0.25) is 5.02 Å². The van der Waals surface area contributed by atoms with Crippen molar-refractivity contribution in [3.63, 3.8) is 0 Å². The summed E-state index contributed by atoms with van der Waals surface area (Å²) in [5.74, 6) is 0.897. The summed E-state index contributed by atoms with van der Waals surface area (Å²) in [5, 5.41) is 0.925. The van der Waals surface area contributed by atoms with Crippen LogP contribution in [-0.4, -0.2) is 26.4 Å². The van der Waals surface area contributed by atoms with E-state index in [2.05, 4.69) is 4.72 Å². The molecule has 0 aliphatic heterocycles. The van der Waals surface area contributed by atoms with Crippen LogP contribution in [0.5, 0.6) is 5.75 Å². The number of sulfonamides is 1. The van der Waals surface area contributed by atoms with Gasteiger partial charge in [0.15, 0.2) is 5.13 Å². The number of nitrogens with one attached hydrogen (secondary N) is 1. The number of rotatable bonds is 8. The number of hydrogen-bond acceptors (Lipinski definition) is 7. The Hall–Kier alpha value is -3.86. The maximum Gasteiger partial charge on any atom is 0.261 e. The minimum absolute atomic E-state index is 0.0771. The van der Waals surface area contributed by atoms with Gasteiger partial charge in [-0.1, -0.05) is 29.0 Å². The fourth-order valence-corrected chi connectivity index (χ4v) is 6.06. The first kappa shape index (κ1) is 25.8. The number of amides is 1. The van der Waals surface area contributed by atoms with Crippen molar-refractivity contribution in [1.82, 2.24) is 4.98 Å². The van der Waals surface area contributed by atoms with Gasteiger partial charge in [0.25, 0.3) is 15.9 Å². The molecule has 5 rings (SSSR count). The standard InChI is InChI=1S/C27H22ClN3O5S2/c1-17-5-14-23(35-2)24-25(17)37-27(29-24)31(16-21-4-3-15-36-21)26(32)18-6-10-20(11-7-18)30-38(33,34)22-12-8-19(28)9-13-22/h3-15,30H,16H2,1-2H3. The van der Waals surface area contributed by atoms with Crippen molar-refractivity contribution in [1.29, 1.82) is 0 Å². The van der Waals surface area contributed by atoms with Gasteiger partial charge in [-0.2, -0.15) is 0 Å². The summed E-state index contributed by atoms with van der Waals surface area (Å²) >= 11 is 7.25. The summed E-state index contributed by atoms with van der Waals surface area (Å²) in [5.41, 5.74) is 2.37. The molecule has 0 radical (unpaired) electrons. The van der Waals surface area contributed by atoms with E-state index in [0.717, 1.165) is 10.3 Å². The van der Waals surface area contributed by atoms with Gasteiger partial charge in [-0.05, 0) is 79.2 Å². The zero-order valence-electron chi connectivity index (χ0n) is 20.3. The van der Waals surface area contributed by atoms with Crippen molar-refractivity contribution in [2.24, 2.45) is 0 Å². The van der Waals surface area contributed by atoms with Crippen molar-refractivity contribution >= 4 is 59.9 Å². The zero-order valence-corrected chi connectivity index (χ0v) is 22.7. The van der Waals surface area contributed by atoms with E-state index >= 15 is 0 Å². The second-order valence-electron chi connectivity index (χ2n) is 8.37. The van der Waals surface area contributed by atoms with Crippen molar-refractivity contribution < 1.29 is 22.4 Å². The molecular formula is C27H22ClN3O5S2. The topological polar surface area (TPSA) is 102 Å². The molecule has 0 unspecified atom stereocenters. The van der Waals surface area contributed by atoms with E-state index in [-0.39, 0.29) is 17.3 Å². The molecule has 1 N–H and O–H groups in total. The van der Waals surface area contributed by atoms with Crippen LogP contribution in [0.15, 0.2) is 88.4 Å². The number of carbonyl (C=O) groups is 1. The maximum absolute atomic E-state index is 13.7. The van der Waals surface area contributed by atoms with Gasteiger partial charge >= 0.3 is 0 Å². The average Bonchev–Trinajstić information content (AvgIpc) is 3.58. The number of aromatic nitrogens is 1. The number of hydrogen-bond donors (Lipinski definition) is 1. The van der Waals surface area contributed by atoms with Crippen LogP contribution < -0.4 is 14.4 Å². The minimum Gasteiger partial charge on any atom is -0.494 e. The molecule has 0 saturated heterocycles. The number of ether oxygens (including phenoxy) is 1. The third-order valence-corrected chi connectivity index (χ3v) is 8.65. The van der Waals surface area contributed by atoms with Crippen molar-refractivity contribution in [2.45, 2.75) is 18.4 Å². The van der Waals surface area contributed by atoms with Crippen LogP contribution >= 0.6 is 22.9 Å². The third-order valence-electron chi connectivity index (χ3n) is 5.79. The van der Waals surface area contributed by atoms with Gasteiger partial charge in [-0.3, -0.25) is 14.4 Å². The first-order valence-corrected chi connectivity index (χ1v) is 14.1. The fraction of sp³-hybridized carbons (Fsp3) is 0.111. The number of thiazole rings is 1. The van der Waals surface area contributed by atoms with Gasteiger partial charge in [0.1, 0.15) is 17.0 Å². The Morgan fingerprint density at radius 3 is 2.47 bits per heavy atom. The van der Waals surface area contributed by atoms with Crippen molar-refractivity contribution in [3.05, 3.63) is 101 Å². The highest BCUT2D eigenvalue weighted by atomic mass is 35.5. The number of benzene rings is 3. The van der Waals surface area contributed by atoms with Gasteiger partial charge in [-0.25, -0.2) is 13.4 Å². The fourth-order valence-electron chi connectivity index (χ4n) is 3.83. The molecule has 38 heavy (non-hydrogen) atoms. The molecule has 0 aliphatic rings. The van der Waals surface area contributed by atoms with Crippen LogP contribution in [0.25, 0.3) is 10.2 Å². The minimum atomic E-state index is -3.82. The molecule has 194 valence electrons. The van der Waals surface area contributed by atoms with Gasteiger partial charge in [0.2, 0.25) is 0 Å². The van der Waals surface area contributed by atoms with E-state index < -0.39 is 10.0 Å². The number of furan rings is 1. The lowest BCUT2D eigenvalue weighted by Gasteiger charge is -2.19. The first-order valence-electron chi connectivity index (χ1n) is 11.4. The summed E-state index contributed by atoms with van der Waals surface area (Å²) in [6.07, 6.45) is 1.55. The molecule has 0 saturated carbocycles. The van der Waals surface area contributed by atoms with E-state index in [1.165, 1.54) is 52.6 Å². The molecule has 1 amide bonds. The molecule has 11 heteroatoms. The lowest BCUT2D eigenvalue weighted by Crippen LogP contribution is -2.30.